The minimum Gasteiger partial charge on any atom is -0.394 e. The molecule has 8 nitrogen and oxygen atoms in total. The molecule has 0 radical (unpaired) electrons. The van der Waals surface area contributed by atoms with Crippen LogP contribution in [0.1, 0.15) is 9.60 Å². The molecule has 2 aliphatic rings. The van der Waals surface area contributed by atoms with E-state index in [9.17, 15) is 15.3 Å². The van der Waals surface area contributed by atoms with Gasteiger partial charge in [0.2, 0.25) is 5.96 Å². The first-order valence-electron chi connectivity index (χ1n) is 7.79. The molecule has 2 unspecified atom stereocenters. The first-order valence-corrected chi connectivity index (χ1v) is 4.29. The normalized spacial score (nSPS) is 62.2. The molecule has 0 aromatic heterocycles. The summed E-state index contributed by atoms with van der Waals surface area (Å²) in [4.78, 5) is 7.06. The van der Waals surface area contributed by atoms with E-state index in [0.717, 1.165) is 0 Å². The van der Waals surface area contributed by atoms with Crippen LogP contribution in [0.3, 0.4) is 0 Å². The van der Waals surface area contributed by atoms with E-state index in [1.807, 2.05) is 0 Å². The number of hydrogen-bond donors (Lipinski definition) is 4. The standard InChI is InChI=1S/C9H14N4O4/c1-4-12-9(10)11-3-13(4)8-7(16)6(15)5(2-14)17-8/h3,5-8,14-16H,1-2H2,(H2,10,12)/t5-,6?,7?,8-/m1/s1/i2D2,3D,5D,6D,7D,8D. The van der Waals surface area contributed by atoms with Crippen molar-refractivity contribution in [1.82, 2.24) is 4.90 Å². The lowest BCUT2D eigenvalue weighted by molar-refractivity contribution is -0.0607. The van der Waals surface area contributed by atoms with E-state index in [1.165, 1.54) is 0 Å². The fourth-order valence-corrected chi connectivity index (χ4v) is 1.16. The smallest absolute Gasteiger partial charge is 0.223 e. The van der Waals surface area contributed by atoms with Gasteiger partial charge in [-0.3, -0.25) is 4.90 Å². The van der Waals surface area contributed by atoms with Gasteiger partial charge in [0.05, 0.1) is 14.8 Å². The lowest BCUT2D eigenvalue weighted by Crippen LogP contribution is -2.44. The second-order valence-corrected chi connectivity index (χ2v) is 2.98. The molecule has 17 heavy (non-hydrogen) atoms. The van der Waals surface area contributed by atoms with Crippen LogP contribution in [0.4, 0.5) is 0 Å². The van der Waals surface area contributed by atoms with Gasteiger partial charge in [-0.1, -0.05) is 6.58 Å². The van der Waals surface area contributed by atoms with Gasteiger partial charge in [0.1, 0.15) is 31.7 Å². The number of amidine groups is 1. The highest BCUT2D eigenvalue weighted by Gasteiger charge is 2.45. The number of ether oxygens (including phenoxy) is 1. The summed E-state index contributed by atoms with van der Waals surface area (Å²) in [6.45, 7) is -0.465. The van der Waals surface area contributed by atoms with Crippen molar-refractivity contribution in [2.45, 2.75) is 24.4 Å². The third-order valence-electron chi connectivity index (χ3n) is 1.91. The molecule has 8 heteroatoms. The van der Waals surface area contributed by atoms with Crippen LogP contribution >= 0.6 is 0 Å². The van der Waals surface area contributed by atoms with Gasteiger partial charge >= 0.3 is 0 Å². The highest BCUT2D eigenvalue weighted by atomic mass is 16.6. The van der Waals surface area contributed by atoms with Gasteiger partial charge in [0.15, 0.2) is 6.20 Å². The first kappa shape index (κ1) is 5.91. The fourth-order valence-electron chi connectivity index (χ4n) is 1.16. The van der Waals surface area contributed by atoms with E-state index < -0.39 is 49.1 Å². The van der Waals surface area contributed by atoms with Crippen LogP contribution in [0.15, 0.2) is 22.4 Å². The molecule has 4 atom stereocenters. The minimum atomic E-state index is -3.87. The number of aliphatic imine (C=N–C) groups is 2. The average molecular weight is 249 g/mol. The molecule has 0 saturated carbocycles. The molecule has 0 aromatic rings. The van der Waals surface area contributed by atoms with Gasteiger partial charge in [0, 0.05) is 0 Å². The number of aliphatic hydroxyl groups is 3. The van der Waals surface area contributed by atoms with E-state index >= 15 is 0 Å². The maximum absolute atomic E-state index is 10.2. The van der Waals surface area contributed by atoms with E-state index in [2.05, 4.69) is 21.3 Å². The monoisotopic (exact) mass is 249 g/mol. The van der Waals surface area contributed by atoms with Crippen LogP contribution in [0, 0.1) is 0 Å². The largest absolute Gasteiger partial charge is 0.394 e. The molecule has 0 spiro atoms. The topological polar surface area (TPSA) is 124 Å². The Morgan fingerprint density at radius 3 is 2.94 bits per heavy atom. The third kappa shape index (κ3) is 2.03. The molecule has 2 rings (SSSR count). The van der Waals surface area contributed by atoms with Crippen molar-refractivity contribution >= 4 is 12.3 Å². The molecular formula is C9H14N4O4. The van der Waals surface area contributed by atoms with Crippen LogP contribution < -0.4 is 5.73 Å². The number of hydrogen-bond acceptors (Lipinski definition) is 8. The number of nitrogens with zero attached hydrogens (tertiary/aromatic N) is 3. The van der Waals surface area contributed by atoms with Crippen molar-refractivity contribution in [2.24, 2.45) is 15.7 Å². The SMILES string of the molecule is [2H]C1=NC(N)=NC(=C)N1[C@]1([2H])O[C@]([2H])(C([2H])([2H])O)C([2H])(O)C1([2H])O. The molecule has 0 aromatic carbocycles. The fraction of sp³-hybridized carbons (Fsp3) is 0.556. The van der Waals surface area contributed by atoms with Gasteiger partial charge in [-0.25, -0.2) is 4.99 Å². The molecule has 0 amide bonds. The lowest BCUT2D eigenvalue weighted by Gasteiger charge is -2.29. The van der Waals surface area contributed by atoms with Crippen molar-refractivity contribution < 1.29 is 29.7 Å². The second-order valence-electron chi connectivity index (χ2n) is 2.98. The molecule has 1 saturated heterocycles. The predicted octanol–water partition coefficient (Wildman–Crippen LogP) is -2.44. The summed E-state index contributed by atoms with van der Waals surface area (Å²) >= 11 is 0. The average Bonchev–Trinajstić information content (AvgIpc) is 2.44. The van der Waals surface area contributed by atoms with Crippen LogP contribution in [0.25, 0.3) is 0 Å². The maximum Gasteiger partial charge on any atom is 0.223 e. The number of rotatable bonds is 2. The van der Waals surface area contributed by atoms with Crippen molar-refractivity contribution in [3.8, 4) is 0 Å². The molecule has 0 aliphatic carbocycles. The predicted molar refractivity (Wildman–Crippen MR) is 58.9 cm³/mol. The van der Waals surface area contributed by atoms with E-state index in [-0.39, 0.29) is 4.90 Å². The van der Waals surface area contributed by atoms with Crippen LogP contribution in [0.5, 0.6) is 0 Å². The summed E-state index contributed by atoms with van der Waals surface area (Å²) in [6.07, 6.45) is -15.7. The molecule has 2 aliphatic heterocycles. The van der Waals surface area contributed by atoms with Gasteiger partial charge in [-0.05, 0) is 0 Å². The Balaban J connectivity index is 2.67. The first-order chi connectivity index (χ1) is 10.5. The summed E-state index contributed by atoms with van der Waals surface area (Å²) in [5, 5.41) is 29.7. The highest BCUT2D eigenvalue weighted by molar-refractivity contribution is 5.89. The van der Waals surface area contributed by atoms with Crippen molar-refractivity contribution in [3.63, 3.8) is 0 Å². The van der Waals surface area contributed by atoms with Gasteiger partial charge < -0.3 is 25.8 Å². The van der Waals surface area contributed by atoms with Gasteiger partial charge in [-0.15, -0.1) is 0 Å². The summed E-state index contributed by atoms with van der Waals surface area (Å²) in [5.41, 5.74) is 5.28. The summed E-state index contributed by atoms with van der Waals surface area (Å²) in [6, 6.07) is 0. The van der Waals surface area contributed by atoms with Gasteiger partial charge in [0.25, 0.3) is 0 Å². The molecule has 94 valence electrons. The molecule has 1 fully saturated rings. The van der Waals surface area contributed by atoms with Crippen LogP contribution in [-0.4, -0.2) is 63.5 Å². The molecule has 0 bridgehead atoms. The van der Waals surface area contributed by atoms with Crippen LogP contribution in [-0.2, 0) is 4.74 Å². The zero-order chi connectivity index (χ0) is 18.9. The summed E-state index contributed by atoms with van der Waals surface area (Å²) in [7, 11) is 0. The Kier molecular flexibility index (Phi) is 1.54. The Bertz CT molecular complexity index is 663. The van der Waals surface area contributed by atoms with Crippen LogP contribution in [0.2, 0.25) is 0 Å². The zero-order valence-electron chi connectivity index (χ0n) is 15.4. The van der Waals surface area contributed by atoms with E-state index in [0.29, 0.717) is 0 Å². The Morgan fingerprint density at radius 1 is 1.71 bits per heavy atom. The quantitative estimate of drug-likeness (QED) is 0.431. The molecule has 5 N–H and O–H groups in total. The Labute approximate surface area is 107 Å². The lowest BCUT2D eigenvalue weighted by atomic mass is 10.1. The number of guanidine groups is 1. The molecule has 2 heterocycles. The van der Waals surface area contributed by atoms with E-state index in [4.69, 9.17) is 15.3 Å². The number of nitrogens with two attached hydrogens (primary N) is 1. The second kappa shape index (κ2) is 4.41. The summed E-state index contributed by atoms with van der Waals surface area (Å²) < 4.78 is 57.9. The zero-order valence-corrected chi connectivity index (χ0v) is 8.38. The maximum atomic E-state index is 10.2. The Hall–Kier alpha value is -1.48. The summed E-state index contributed by atoms with van der Waals surface area (Å²) in [5.74, 6) is -1.01. The third-order valence-corrected chi connectivity index (χ3v) is 1.91. The minimum absolute atomic E-state index is 0.220. The van der Waals surface area contributed by atoms with Crippen molar-refractivity contribution in [2.75, 3.05) is 6.56 Å². The van der Waals surface area contributed by atoms with Crippen molar-refractivity contribution in [3.05, 3.63) is 12.4 Å². The Morgan fingerprint density at radius 2 is 2.41 bits per heavy atom. The molecular weight excluding hydrogens is 228 g/mol. The van der Waals surface area contributed by atoms with Gasteiger partial charge in [-0.2, -0.15) is 4.99 Å². The van der Waals surface area contributed by atoms with Crippen molar-refractivity contribution in [1.29, 1.82) is 0 Å². The van der Waals surface area contributed by atoms with E-state index in [1.54, 1.807) is 0 Å². The highest BCUT2D eigenvalue weighted by Crippen LogP contribution is 2.26.